The number of aryl methyl sites for hydroxylation is 1. The summed E-state index contributed by atoms with van der Waals surface area (Å²) in [6.45, 7) is 5.13. The smallest absolute Gasteiger partial charge is 0.211 e. The zero-order chi connectivity index (χ0) is 9.97. The summed E-state index contributed by atoms with van der Waals surface area (Å²) in [5.41, 5.74) is 0. The van der Waals surface area contributed by atoms with E-state index < -0.39 is 0 Å². The van der Waals surface area contributed by atoms with Crippen molar-refractivity contribution in [1.82, 2.24) is 10.3 Å². The minimum Gasteiger partial charge on any atom is -0.444 e. The highest BCUT2D eigenvalue weighted by molar-refractivity contribution is 4.95. The Morgan fingerprint density at radius 3 is 2.93 bits per heavy atom. The maximum atomic E-state index is 5.46. The Balaban J connectivity index is 1.79. The van der Waals surface area contributed by atoms with Gasteiger partial charge in [-0.05, 0) is 39.2 Å². The van der Waals surface area contributed by atoms with Gasteiger partial charge in [-0.3, -0.25) is 0 Å². The van der Waals surface area contributed by atoms with Gasteiger partial charge in [0.25, 0.3) is 0 Å². The molecule has 1 saturated carbocycles. The Morgan fingerprint density at radius 2 is 2.43 bits per heavy atom. The van der Waals surface area contributed by atoms with E-state index in [1.807, 2.05) is 6.92 Å². The third-order valence-corrected chi connectivity index (χ3v) is 2.95. The Kier molecular flexibility index (Phi) is 2.87. The Labute approximate surface area is 84.9 Å². The van der Waals surface area contributed by atoms with Gasteiger partial charge in [-0.2, -0.15) is 0 Å². The molecule has 0 aliphatic heterocycles. The average molecular weight is 194 g/mol. The normalized spacial score (nSPS) is 19.3. The van der Waals surface area contributed by atoms with E-state index in [4.69, 9.17) is 4.42 Å². The second-order valence-corrected chi connectivity index (χ2v) is 4.24. The van der Waals surface area contributed by atoms with E-state index in [2.05, 4.69) is 17.2 Å². The summed E-state index contributed by atoms with van der Waals surface area (Å²) >= 11 is 0. The molecular weight excluding hydrogens is 176 g/mol. The van der Waals surface area contributed by atoms with Crippen molar-refractivity contribution in [2.24, 2.45) is 5.92 Å². The summed E-state index contributed by atoms with van der Waals surface area (Å²) in [6, 6.07) is 0.240. The predicted molar refractivity (Wildman–Crippen MR) is 55.0 cm³/mol. The zero-order valence-electron chi connectivity index (χ0n) is 8.92. The van der Waals surface area contributed by atoms with Crippen LogP contribution in [0.5, 0.6) is 0 Å². The first-order chi connectivity index (χ1) is 6.75. The quantitative estimate of drug-likeness (QED) is 0.800. The van der Waals surface area contributed by atoms with Crippen molar-refractivity contribution in [3.05, 3.63) is 17.8 Å². The molecule has 1 heterocycles. The van der Waals surface area contributed by atoms with Crippen LogP contribution in [-0.4, -0.2) is 11.5 Å². The van der Waals surface area contributed by atoms with E-state index in [1.54, 1.807) is 6.20 Å². The van der Waals surface area contributed by atoms with Gasteiger partial charge in [0.2, 0.25) is 5.89 Å². The van der Waals surface area contributed by atoms with E-state index in [9.17, 15) is 0 Å². The van der Waals surface area contributed by atoms with Gasteiger partial charge in [0.15, 0.2) is 0 Å². The molecule has 1 N–H and O–H groups in total. The van der Waals surface area contributed by atoms with Crippen LogP contribution in [0.25, 0.3) is 0 Å². The first-order valence-electron chi connectivity index (χ1n) is 5.41. The van der Waals surface area contributed by atoms with Crippen molar-refractivity contribution in [3.8, 4) is 0 Å². The molecule has 0 radical (unpaired) electrons. The minimum atomic E-state index is 0.240. The standard InChI is InChI=1S/C11H18N2O/c1-8-6-13-11(14-8)9(2)12-7-10-4-3-5-10/h6,9-10,12H,3-5,7H2,1-2H3. The van der Waals surface area contributed by atoms with E-state index >= 15 is 0 Å². The lowest BCUT2D eigenvalue weighted by atomic mass is 9.85. The molecule has 0 amide bonds. The summed E-state index contributed by atoms with van der Waals surface area (Å²) < 4.78 is 5.46. The first kappa shape index (κ1) is 9.71. The summed E-state index contributed by atoms with van der Waals surface area (Å²) in [6.07, 6.45) is 5.93. The zero-order valence-corrected chi connectivity index (χ0v) is 8.92. The molecule has 0 spiro atoms. The van der Waals surface area contributed by atoms with Crippen molar-refractivity contribution >= 4 is 0 Å². The molecule has 14 heavy (non-hydrogen) atoms. The summed E-state index contributed by atoms with van der Waals surface area (Å²) in [7, 11) is 0. The third kappa shape index (κ3) is 2.15. The van der Waals surface area contributed by atoms with Crippen LogP contribution in [-0.2, 0) is 0 Å². The lowest BCUT2D eigenvalue weighted by Gasteiger charge is -2.26. The van der Waals surface area contributed by atoms with Gasteiger partial charge >= 0.3 is 0 Å². The molecule has 3 nitrogen and oxygen atoms in total. The van der Waals surface area contributed by atoms with Crippen molar-refractivity contribution in [1.29, 1.82) is 0 Å². The van der Waals surface area contributed by atoms with Crippen molar-refractivity contribution in [2.75, 3.05) is 6.54 Å². The van der Waals surface area contributed by atoms with E-state index in [0.717, 1.165) is 24.1 Å². The highest BCUT2D eigenvalue weighted by Crippen LogP contribution is 2.26. The maximum Gasteiger partial charge on any atom is 0.211 e. The van der Waals surface area contributed by atoms with Crippen LogP contribution in [0.15, 0.2) is 10.6 Å². The number of nitrogens with zero attached hydrogens (tertiary/aromatic N) is 1. The largest absolute Gasteiger partial charge is 0.444 e. The molecule has 1 atom stereocenters. The van der Waals surface area contributed by atoms with Gasteiger partial charge in [0.05, 0.1) is 12.2 Å². The SMILES string of the molecule is Cc1cnc(C(C)NCC2CCC2)o1. The van der Waals surface area contributed by atoms with Crippen LogP contribution in [0.3, 0.4) is 0 Å². The predicted octanol–water partition coefficient (Wildman–Crippen LogP) is 2.43. The summed E-state index contributed by atoms with van der Waals surface area (Å²) in [5.74, 6) is 2.58. The van der Waals surface area contributed by atoms with Gasteiger partial charge in [0, 0.05) is 0 Å². The fourth-order valence-electron chi connectivity index (χ4n) is 1.70. The fourth-order valence-corrected chi connectivity index (χ4v) is 1.70. The second-order valence-electron chi connectivity index (χ2n) is 4.24. The molecule has 78 valence electrons. The molecule has 1 unspecified atom stereocenters. The molecule has 1 aromatic rings. The third-order valence-electron chi connectivity index (χ3n) is 2.95. The Morgan fingerprint density at radius 1 is 1.64 bits per heavy atom. The van der Waals surface area contributed by atoms with Crippen LogP contribution in [0, 0.1) is 12.8 Å². The monoisotopic (exact) mass is 194 g/mol. The Hall–Kier alpha value is -0.830. The van der Waals surface area contributed by atoms with E-state index in [1.165, 1.54) is 19.3 Å². The van der Waals surface area contributed by atoms with Gasteiger partial charge in [-0.1, -0.05) is 6.42 Å². The van der Waals surface area contributed by atoms with Crippen molar-refractivity contribution in [3.63, 3.8) is 0 Å². The van der Waals surface area contributed by atoms with Crippen LogP contribution >= 0.6 is 0 Å². The molecule has 1 aromatic heterocycles. The number of hydrogen-bond acceptors (Lipinski definition) is 3. The molecule has 1 aliphatic rings. The maximum absolute atomic E-state index is 5.46. The topological polar surface area (TPSA) is 38.1 Å². The van der Waals surface area contributed by atoms with E-state index in [-0.39, 0.29) is 6.04 Å². The lowest BCUT2D eigenvalue weighted by Crippen LogP contribution is -2.29. The number of oxazole rings is 1. The minimum absolute atomic E-state index is 0.240. The molecule has 1 fully saturated rings. The van der Waals surface area contributed by atoms with Gasteiger partial charge in [0.1, 0.15) is 5.76 Å². The van der Waals surface area contributed by atoms with Gasteiger partial charge in [-0.25, -0.2) is 4.98 Å². The van der Waals surface area contributed by atoms with E-state index in [0.29, 0.717) is 0 Å². The molecule has 3 heteroatoms. The number of rotatable bonds is 4. The second kappa shape index (κ2) is 4.13. The molecule has 0 bridgehead atoms. The Bertz CT molecular complexity index is 291. The fraction of sp³-hybridized carbons (Fsp3) is 0.727. The molecule has 0 aromatic carbocycles. The summed E-state index contributed by atoms with van der Waals surface area (Å²) in [5, 5.41) is 3.46. The van der Waals surface area contributed by atoms with Crippen LogP contribution in [0.1, 0.15) is 43.9 Å². The number of nitrogens with one attached hydrogen (secondary N) is 1. The first-order valence-corrected chi connectivity index (χ1v) is 5.41. The molecule has 0 saturated heterocycles. The van der Waals surface area contributed by atoms with Crippen molar-refractivity contribution < 1.29 is 4.42 Å². The highest BCUT2D eigenvalue weighted by atomic mass is 16.4. The summed E-state index contributed by atoms with van der Waals surface area (Å²) in [4.78, 5) is 4.21. The van der Waals surface area contributed by atoms with Gasteiger partial charge < -0.3 is 9.73 Å². The van der Waals surface area contributed by atoms with Crippen LogP contribution in [0.2, 0.25) is 0 Å². The molecule has 2 rings (SSSR count). The number of hydrogen-bond donors (Lipinski definition) is 1. The van der Waals surface area contributed by atoms with Crippen molar-refractivity contribution in [2.45, 2.75) is 39.2 Å². The lowest BCUT2D eigenvalue weighted by molar-refractivity contribution is 0.282. The molecular formula is C11H18N2O. The van der Waals surface area contributed by atoms with Crippen LogP contribution in [0.4, 0.5) is 0 Å². The average Bonchev–Trinajstić information content (AvgIpc) is 2.49. The van der Waals surface area contributed by atoms with Gasteiger partial charge in [-0.15, -0.1) is 0 Å². The number of aromatic nitrogens is 1. The highest BCUT2D eigenvalue weighted by Gasteiger charge is 2.19. The van der Waals surface area contributed by atoms with Crippen LogP contribution < -0.4 is 5.32 Å². The molecule has 1 aliphatic carbocycles.